The Morgan fingerprint density at radius 3 is 2.72 bits per heavy atom. The van der Waals surface area contributed by atoms with Gasteiger partial charge in [-0.15, -0.1) is 0 Å². The van der Waals surface area contributed by atoms with Gasteiger partial charge in [0.1, 0.15) is 6.20 Å². The Morgan fingerprint density at radius 2 is 2.00 bits per heavy atom. The van der Waals surface area contributed by atoms with Crippen molar-refractivity contribution in [1.29, 1.82) is 0 Å². The van der Waals surface area contributed by atoms with Crippen molar-refractivity contribution < 1.29 is 4.92 Å². The summed E-state index contributed by atoms with van der Waals surface area (Å²) in [6, 6.07) is 0.269. The van der Waals surface area contributed by atoms with E-state index in [0.717, 1.165) is 31.8 Å². The first-order chi connectivity index (χ1) is 12.2. The highest BCUT2D eigenvalue weighted by atomic mass is 32.1. The Hall–Kier alpha value is -1.67. The molecule has 0 aromatic carbocycles. The molecular weight excluding hydrogens is 338 g/mol. The highest BCUT2D eigenvalue weighted by Crippen LogP contribution is 2.30. The fourth-order valence-corrected chi connectivity index (χ4v) is 4.94. The maximum Gasteiger partial charge on any atom is 0.372 e. The largest absolute Gasteiger partial charge is 0.372 e. The van der Waals surface area contributed by atoms with E-state index in [1.807, 2.05) is 5.38 Å². The smallest absolute Gasteiger partial charge is 0.360 e. The average molecular weight is 363 g/mol. The summed E-state index contributed by atoms with van der Waals surface area (Å²) in [4.78, 5) is 18.7. The van der Waals surface area contributed by atoms with Crippen LogP contribution in [0.2, 0.25) is 0 Å². The molecule has 1 aliphatic carbocycles. The number of thiazole rings is 1. The number of piperidine rings is 1. The molecule has 2 aromatic heterocycles. The third-order valence-corrected chi connectivity index (χ3v) is 6.34. The molecule has 2 aliphatic rings. The second-order valence-electron chi connectivity index (χ2n) is 7.32. The SMILES string of the molecule is O=[N+]([O-])c1c(NC2CCN(CC3CCCCC3)CC2)nc2sccn12. The second kappa shape index (κ2) is 7.29. The predicted molar refractivity (Wildman–Crippen MR) is 99.4 cm³/mol. The van der Waals surface area contributed by atoms with E-state index in [9.17, 15) is 10.1 Å². The van der Waals surface area contributed by atoms with Crippen LogP contribution in [0.5, 0.6) is 0 Å². The third kappa shape index (κ3) is 3.64. The Bertz CT molecular complexity index is 729. The first kappa shape index (κ1) is 16.8. The number of anilines is 1. The van der Waals surface area contributed by atoms with Gasteiger partial charge in [0, 0.05) is 31.1 Å². The third-order valence-electron chi connectivity index (χ3n) is 5.58. The number of hydrogen-bond acceptors (Lipinski definition) is 6. The topological polar surface area (TPSA) is 75.7 Å². The van der Waals surface area contributed by atoms with E-state index in [0.29, 0.717) is 10.8 Å². The molecule has 2 aromatic rings. The van der Waals surface area contributed by atoms with E-state index in [1.54, 1.807) is 10.6 Å². The number of aromatic nitrogens is 2. The van der Waals surface area contributed by atoms with E-state index >= 15 is 0 Å². The number of imidazole rings is 1. The molecule has 8 heteroatoms. The van der Waals surface area contributed by atoms with Gasteiger partial charge in [-0.25, -0.2) is 0 Å². The highest BCUT2D eigenvalue weighted by Gasteiger charge is 2.28. The van der Waals surface area contributed by atoms with Gasteiger partial charge < -0.3 is 20.3 Å². The number of rotatable bonds is 5. The van der Waals surface area contributed by atoms with Gasteiger partial charge in [0.15, 0.2) is 0 Å². The Labute approximate surface area is 151 Å². The molecular formula is C17H25N5O2S. The van der Waals surface area contributed by atoms with E-state index in [4.69, 9.17) is 0 Å². The minimum atomic E-state index is -0.340. The van der Waals surface area contributed by atoms with Crippen LogP contribution in [0.15, 0.2) is 11.6 Å². The number of hydrogen-bond donors (Lipinski definition) is 1. The van der Waals surface area contributed by atoms with Crippen molar-refractivity contribution in [3.8, 4) is 0 Å². The zero-order chi connectivity index (χ0) is 17.2. The molecule has 0 bridgehead atoms. The summed E-state index contributed by atoms with van der Waals surface area (Å²) in [6.45, 7) is 3.38. The Balaban J connectivity index is 1.35. The van der Waals surface area contributed by atoms with Crippen molar-refractivity contribution in [2.24, 2.45) is 5.92 Å². The molecule has 4 rings (SSSR count). The molecule has 1 saturated heterocycles. The fraction of sp³-hybridized carbons (Fsp3) is 0.706. The van der Waals surface area contributed by atoms with Gasteiger partial charge in [-0.1, -0.05) is 30.6 Å². The number of likely N-dealkylation sites (tertiary alicyclic amines) is 1. The van der Waals surface area contributed by atoms with Gasteiger partial charge >= 0.3 is 5.82 Å². The fourth-order valence-electron chi connectivity index (χ4n) is 4.23. The summed E-state index contributed by atoms with van der Waals surface area (Å²) in [7, 11) is 0. The van der Waals surface area contributed by atoms with Gasteiger partial charge in [0.05, 0.1) is 0 Å². The number of nitrogens with zero attached hydrogens (tertiary/aromatic N) is 4. The minimum absolute atomic E-state index is 0.0564. The molecule has 0 unspecified atom stereocenters. The molecule has 3 heterocycles. The summed E-state index contributed by atoms with van der Waals surface area (Å²) in [5.41, 5.74) is 0. The first-order valence-corrected chi connectivity index (χ1v) is 10.2. The molecule has 1 aliphatic heterocycles. The number of fused-ring (bicyclic) bond motifs is 1. The Kier molecular flexibility index (Phi) is 4.89. The van der Waals surface area contributed by atoms with Crippen LogP contribution in [0.1, 0.15) is 44.9 Å². The van der Waals surface area contributed by atoms with Crippen LogP contribution in [0.4, 0.5) is 11.6 Å². The lowest BCUT2D eigenvalue weighted by molar-refractivity contribution is -0.389. The molecule has 0 spiro atoms. The van der Waals surface area contributed by atoms with Crippen molar-refractivity contribution in [1.82, 2.24) is 14.3 Å². The monoisotopic (exact) mass is 363 g/mol. The molecule has 7 nitrogen and oxygen atoms in total. The Morgan fingerprint density at radius 1 is 1.24 bits per heavy atom. The lowest BCUT2D eigenvalue weighted by Crippen LogP contribution is -2.41. The van der Waals surface area contributed by atoms with E-state index < -0.39 is 0 Å². The van der Waals surface area contributed by atoms with Crippen LogP contribution >= 0.6 is 11.3 Å². The number of nitrogens with one attached hydrogen (secondary N) is 1. The lowest BCUT2D eigenvalue weighted by Gasteiger charge is -2.35. The van der Waals surface area contributed by atoms with Crippen LogP contribution in [0, 0.1) is 16.0 Å². The van der Waals surface area contributed by atoms with Gasteiger partial charge in [-0.3, -0.25) is 0 Å². The molecule has 25 heavy (non-hydrogen) atoms. The van der Waals surface area contributed by atoms with Gasteiger partial charge in [0.2, 0.25) is 5.82 Å². The summed E-state index contributed by atoms with van der Waals surface area (Å²) >= 11 is 1.42. The first-order valence-electron chi connectivity index (χ1n) is 9.29. The predicted octanol–water partition coefficient (Wildman–Crippen LogP) is 3.76. The van der Waals surface area contributed by atoms with Crippen LogP contribution in [-0.4, -0.2) is 44.9 Å². The average Bonchev–Trinajstić information content (AvgIpc) is 3.18. The summed E-state index contributed by atoms with van der Waals surface area (Å²) in [5.74, 6) is 1.35. The maximum absolute atomic E-state index is 11.4. The van der Waals surface area contributed by atoms with Crippen molar-refractivity contribution in [2.75, 3.05) is 25.0 Å². The van der Waals surface area contributed by atoms with Crippen molar-refractivity contribution in [2.45, 2.75) is 51.0 Å². The van der Waals surface area contributed by atoms with Crippen LogP contribution in [-0.2, 0) is 0 Å². The molecule has 1 N–H and O–H groups in total. The lowest BCUT2D eigenvalue weighted by atomic mass is 9.88. The van der Waals surface area contributed by atoms with E-state index in [2.05, 4.69) is 15.2 Å². The van der Waals surface area contributed by atoms with Crippen LogP contribution in [0.25, 0.3) is 4.96 Å². The van der Waals surface area contributed by atoms with Crippen molar-refractivity contribution in [3.05, 3.63) is 21.7 Å². The number of nitro groups is 1. The van der Waals surface area contributed by atoms with Crippen LogP contribution in [0.3, 0.4) is 0 Å². The summed E-state index contributed by atoms with van der Waals surface area (Å²) < 4.78 is 1.56. The quantitative estimate of drug-likeness (QED) is 0.646. The minimum Gasteiger partial charge on any atom is -0.360 e. The van der Waals surface area contributed by atoms with Crippen LogP contribution < -0.4 is 5.32 Å². The standard InChI is InChI=1S/C17H25N5O2S/c23-22(24)16-15(19-17-21(16)10-11-25-17)18-14-6-8-20(9-7-14)12-13-4-2-1-3-5-13/h10-11,13-14,18H,1-9,12H2. The maximum atomic E-state index is 11.4. The molecule has 0 radical (unpaired) electrons. The van der Waals surface area contributed by atoms with Gasteiger partial charge in [-0.05, 0) is 36.5 Å². The summed E-state index contributed by atoms with van der Waals surface area (Å²) in [6.07, 6.45) is 10.7. The van der Waals surface area contributed by atoms with Crippen molar-refractivity contribution >= 4 is 27.9 Å². The normalized spacial score (nSPS) is 21.0. The molecule has 0 atom stereocenters. The highest BCUT2D eigenvalue weighted by molar-refractivity contribution is 7.15. The zero-order valence-electron chi connectivity index (χ0n) is 14.4. The molecule has 2 fully saturated rings. The molecule has 1 saturated carbocycles. The van der Waals surface area contributed by atoms with Gasteiger partial charge in [0.25, 0.3) is 4.96 Å². The van der Waals surface area contributed by atoms with Crippen molar-refractivity contribution in [3.63, 3.8) is 0 Å². The van der Waals surface area contributed by atoms with E-state index in [-0.39, 0.29) is 16.8 Å². The molecule has 136 valence electrons. The molecule has 0 amide bonds. The second-order valence-corrected chi connectivity index (χ2v) is 8.19. The van der Waals surface area contributed by atoms with E-state index in [1.165, 1.54) is 50.0 Å². The zero-order valence-corrected chi connectivity index (χ0v) is 15.2. The summed E-state index contributed by atoms with van der Waals surface area (Å²) in [5, 5.41) is 16.6. The van der Waals surface area contributed by atoms with Gasteiger partial charge in [-0.2, -0.15) is 9.38 Å².